The Labute approximate surface area is 341 Å². The summed E-state index contributed by atoms with van der Waals surface area (Å²) in [6, 6.07) is 64.4. The first-order valence-electron chi connectivity index (χ1n) is 19.8. The summed E-state index contributed by atoms with van der Waals surface area (Å²) in [7, 11) is 0. The Kier molecular flexibility index (Phi) is 6.82. The quantitative estimate of drug-likeness (QED) is 0.179. The van der Waals surface area contributed by atoms with Crippen LogP contribution in [0.15, 0.2) is 186 Å². The molecule has 0 spiro atoms. The first-order chi connectivity index (χ1) is 29.2. The van der Waals surface area contributed by atoms with Gasteiger partial charge in [0.15, 0.2) is 17.5 Å². The largest absolute Gasteiger partial charge is 0.456 e. The molecule has 0 atom stereocenters. The fourth-order valence-electron chi connectivity index (χ4n) is 9.14. The Morgan fingerprint density at radius 2 is 1.08 bits per heavy atom. The molecule has 0 radical (unpaired) electrons. The van der Waals surface area contributed by atoms with Gasteiger partial charge in [0, 0.05) is 53.0 Å². The van der Waals surface area contributed by atoms with Gasteiger partial charge in [-0.15, -0.1) is 11.3 Å². The van der Waals surface area contributed by atoms with Gasteiger partial charge in [-0.25, -0.2) is 15.0 Å². The second-order valence-electron chi connectivity index (χ2n) is 15.2. The van der Waals surface area contributed by atoms with Crippen molar-refractivity contribution in [3.05, 3.63) is 182 Å². The second-order valence-corrected chi connectivity index (χ2v) is 16.2. The first-order valence-corrected chi connectivity index (χ1v) is 20.6. The minimum absolute atomic E-state index is 0.576. The molecule has 0 unspecified atom stereocenters. The number of nitrogens with zero attached hydrogens (tertiary/aromatic N) is 4. The molecule has 0 N–H and O–H groups in total. The van der Waals surface area contributed by atoms with E-state index in [1.54, 1.807) is 11.3 Å². The van der Waals surface area contributed by atoms with Crippen molar-refractivity contribution in [2.75, 3.05) is 0 Å². The molecule has 0 saturated carbocycles. The highest BCUT2D eigenvalue weighted by atomic mass is 32.1. The molecule has 0 amide bonds. The number of para-hydroxylation sites is 1. The number of hydrogen-bond acceptors (Lipinski definition) is 5. The van der Waals surface area contributed by atoms with E-state index in [1.165, 1.54) is 47.8 Å². The van der Waals surface area contributed by atoms with Crippen LogP contribution in [0.1, 0.15) is 0 Å². The molecule has 0 fully saturated rings. The van der Waals surface area contributed by atoms with Crippen molar-refractivity contribution in [2.24, 2.45) is 0 Å². The zero-order valence-corrected chi connectivity index (χ0v) is 32.2. The molecule has 59 heavy (non-hydrogen) atoms. The topological polar surface area (TPSA) is 56.7 Å². The van der Waals surface area contributed by atoms with Gasteiger partial charge in [0.05, 0.1) is 22.1 Å². The summed E-state index contributed by atoms with van der Waals surface area (Å²) in [6.07, 6.45) is 0. The maximum Gasteiger partial charge on any atom is 0.165 e. The van der Waals surface area contributed by atoms with Crippen LogP contribution in [0, 0.1) is 0 Å². The van der Waals surface area contributed by atoms with Crippen LogP contribution < -0.4 is 0 Å². The number of aromatic nitrogens is 4. The summed E-state index contributed by atoms with van der Waals surface area (Å²) in [6.45, 7) is 0. The number of rotatable bonds is 4. The van der Waals surface area contributed by atoms with E-state index >= 15 is 0 Å². The molecule has 0 saturated heterocycles. The normalized spacial score (nSPS) is 12.1. The summed E-state index contributed by atoms with van der Waals surface area (Å²) in [5.74, 6) is 1.82. The molecule has 0 aliphatic heterocycles. The number of fused-ring (bicyclic) bond motifs is 12. The molecule has 0 aliphatic carbocycles. The van der Waals surface area contributed by atoms with Gasteiger partial charge >= 0.3 is 0 Å². The zero-order chi connectivity index (χ0) is 38.6. The molecule has 13 aromatic rings. The summed E-state index contributed by atoms with van der Waals surface area (Å²) in [4.78, 5) is 15.8. The highest BCUT2D eigenvalue weighted by molar-refractivity contribution is 7.26. The third-order valence-electron chi connectivity index (χ3n) is 11.8. The lowest BCUT2D eigenvalue weighted by atomic mass is 10.0. The average Bonchev–Trinajstić information content (AvgIpc) is 3.97. The van der Waals surface area contributed by atoms with Crippen LogP contribution in [-0.4, -0.2) is 19.5 Å². The lowest BCUT2D eigenvalue weighted by molar-refractivity contribution is 0.669. The Morgan fingerprint density at radius 3 is 1.95 bits per heavy atom. The van der Waals surface area contributed by atoms with E-state index in [1.807, 2.05) is 30.3 Å². The molecule has 0 bridgehead atoms. The number of benzene rings is 9. The van der Waals surface area contributed by atoms with Crippen LogP contribution in [-0.2, 0) is 0 Å². The summed E-state index contributed by atoms with van der Waals surface area (Å²) in [5.41, 5.74) is 7.59. The van der Waals surface area contributed by atoms with E-state index in [4.69, 9.17) is 19.4 Å². The average molecular weight is 771 g/mol. The van der Waals surface area contributed by atoms with Crippen LogP contribution in [0.25, 0.3) is 125 Å². The molecular weight excluding hydrogens is 741 g/mol. The Balaban J connectivity index is 1.15. The minimum Gasteiger partial charge on any atom is -0.456 e. The smallest absolute Gasteiger partial charge is 0.165 e. The van der Waals surface area contributed by atoms with Crippen LogP contribution in [0.2, 0.25) is 0 Å². The predicted molar refractivity (Wildman–Crippen MR) is 246 cm³/mol. The van der Waals surface area contributed by atoms with Gasteiger partial charge in [-0.2, -0.15) is 0 Å². The maximum absolute atomic E-state index is 6.76. The van der Waals surface area contributed by atoms with Crippen molar-refractivity contribution in [1.82, 2.24) is 19.5 Å². The standard InChI is InChI=1S/C53H30N4OS/c1-2-14-32(15-3-1)51-54-52(56-53(55-51)40-22-12-21-38-37-19-9-11-24-47(37)59-50(38)40)35-29-44(49-39-20-8-10-23-45(39)58-46(49)30-35)57-42-26-25-31-13-6-7-18-36(31)48(42)41-27-33-16-4-5-17-34(33)28-43(41)57/h1-30H. The van der Waals surface area contributed by atoms with Crippen LogP contribution >= 0.6 is 11.3 Å². The second kappa shape index (κ2) is 12.4. The highest BCUT2D eigenvalue weighted by Gasteiger charge is 2.23. The van der Waals surface area contributed by atoms with Crippen molar-refractivity contribution in [2.45, 2.75) is 0 Å². The molecule has 13 rings (SSSR count). The van der Waals surface area contributed by atoms with Gasteiger partial charge in [-0.3, -0.25) is 0 Å². The zero-order valence-electron chi connectivity index (χ0n) is 31.4. The van der Waals surface area contributed by atoms with Crippen molar-refractivity contribution >= 4 is 96.8 Å². The van der Waals surface area contributed by atoms with Gasteiger partial charge in [0.1, 0.15) is 11.2 Å². The van der Waals surface area contributed by atoms with Crippen LogP contribution in [0.5, 0.6) is 0 Å². The van der Waals surface area contributed by atoms with Gasteiger partial charge in [-0.1, -0.05) is 133 Å². The van der Waals surface area contributed by atoms with E-state index in [0.717, 1.165) is 60.0 Å². The highest BCUT2D eigenvalue weighted by Crippen LogP contribution is 2.44. The van der Waals surface area contributed by atoms with Gasteiger partial charge in [-0.05, 0) is 70.1 Å². The summed E-state index contributed by atoms with van der Waals surface area (Å²) >= 11 is 1.78. The fraction of sp³-hybridized carbons (Fsp3) is 0. The van der Waals surface area contributed by atoms with E-state index in [-0.39, 0.29) is 0 Å². The van der Waals surface area contributed by atoms with Gasteiger partial charge < -0.3 is 8.98 Å². The lowest BCUT2D eigenvalue weighted by Gasteiger charge is -2.14. The molecule has 4 aromatic heterocycles. The van der Waals surface area contributed by atoms with Crippen molar-refractivity contribution < 1.29 is 4.42 Å². The van der Waals surface area contributed by atoms with Crippen LogP contribution in [0.3, 0.4) is 0 Å². The third kappa shape index (κ3) is 4.87. The Bertz CT molecular complexity index is 3860. The lowest BCUT2D eigenvalue weighted by Crippen LogP contribution is -2.01. The minimum atomic E-state index is 0.576. The van der Waals surface area contributed by atoms with Gasteiger partial charge in [0.2, 0.25) is 0 Å². The molecule has 4 heterocycles. The molecule has 6 heteroatoms. The monoisotopic (exact) mass is 770 g/mol. The number of hydrogen-bond donors (Lipinski definition) is 0. The van der Waals surface area contributed by atoms with Crippen molar-refractivity contribution in [3.8, 4) is 39.9 Å². The fourth-order valence-corrected chi connectivity index (χ4v) is 10.3. The number of furan rings is 1. The third-order valence-corrected chi connectivity index (χ3v) is 13.0. The number of thiophene rings is 1. The van der Waals surface area contributed by atoms with Crippen LogP contribution in [0.4, 0.5) is 0 Å². The predicted octanol–water partition coefficient (Wildman–Crippen LogP) is 14.5. The molecule has 9 aromatic carbocycles. The Hall–Kier alpha value is -7.67. The van der Waals surface area contributed by atoms with E-state index in [9.17, 15) is 0 Å². The summed E-state index contributed by atoms with van der Waals surface area (Å²) in [5, 5.41) is 11.8. The van der Waals surface area contributed by atoms with E-state index in [0.29, 0.717) is 17.5 Å². The molecular formula is C53H30N4OS. The van der Waals surface area contributed by atoms with E-state index in [2.05, 4.69) is 156 Å². The SMILES string of the molecule is c1ccc(-c2nc(-c3cc(-n4c5cc6ccccc6cc5c5c6ccccc6ccc54)c4c(c3)oc3ccccc34)nc(-c3cccc4c3sc3ccccc34)n2)cc1. The van der Waals surface area contributed by atoms with Crippen molar-refractivity contribution in [3.63, 3.8) is 0 Å². The van der Waals surface area contributed by atoms with Gasteiger partial charge in [0.25, 0.3) is 0 Å². The summed E-state index contributed by atoms with van der Waals surface area (Å²) < 4.78 is 11.6. The first kappa shape index (κ1) is 32.4. The molecule has 5 nitrogen and oxygen atoms in total. The molecule has 0 aliphatic rings. The molecule has 274 valence electrons. The van der Waals surface area contributed by atoms with Crippen molar-refractivity contribution in [1.29, 1.82) is 0 Å². The maximum atomic E-state index is 6.76. The van der Waals surface area contributed by atoms with E-state index < -0.39 is 0 Å². The Morgan fingerprint density at radius 1 is 0.407 bits per heavy atom.